The Morgan fingerprint density at radius 2 is 2.14 bits per heavy atom. The van der Waals surface area contributed by atoms with Crippen molar-refractivity contribution in [1.29, 1.82) is 0 Å². The molecular weight excluding hydrogens is 286 g/mol. The summed E-state index contributed by atoms with van der Waals surface area (Å²) in [6.07, 6.45) is 8.09. The number of anilines is 1. The molecule has 1 N–H and O–H groups in total. The zero-order valence-electron chi connectivity index (χ0n) is 11.8. The second kappa shape index (κ2) is 6.04. The van der Waals surface area contributed by atoms with Gasteiger partial charge in [0.2, 0.25) is 5.95 Å². The van der Waals surface area contributed by atoms with Crippen LogP contribution in [-0.2, 0) is 13.0 Å². The highest BCUT2D eigenvalue weighted by Gasteiger charge is 2.11. The zero-order valence-corrected chi connectivity index (χ0v) is 12.6. The van der Waals surface area contributed by atoms with Crippen molar-refractivity contribution in [3.05, 3.63) is 35.8 Å². The van der Waals surface area contributed by atoms with E-state index in [2.05, 4.69) is 37.5 Å². The van der Waals surface area contributed by atoms with E-state index in [1.54, 1.807) is 16.9 Å². The Hall–Kier alpha value is -2.22. The van der Waals surface area contributed by atoms with Crippen molar-refractivity contribution < 1.29 is 0 Å². The SMILES string of the molecule is CCc1cnn2c(NCc3ccnnc3)nc(SC)nc12. The lowest BCUT2D eigenvalue weighted by Gasteiger charge is -2.08. The molecule has 3 heterocycles. The molecule has 8 heteroatoms. The normalized spacial score (nSPS) is 11.0. The van der Waals surface area contributed by atoms with Gasteiger partial charge in [-0.25, -0.2) is 4.98 Å². The van der Waals surface area contributed by atoms with Crippen LogP contribution in [0.3, 0.4) is 0 Å². The van der Waals surface area contributed by atoms with E-state index in [9.17, 15) is 0 Å². The molecule has 3 aromatic rings. The molecule has 3 aromatic heterocycles. The minimum absolute atomic E-state index is 0.608. The van der Waals surface area contributed by atoms with Crippen LogP contribution in [0.5, 0.6) is 0 Å². The summed E-state index contributed by atoms with van der Waals surface area (Å²) in [5.74, 6) is 0.681. The number of nitrogens with one attached hydrogen (secondary N) is 1. The fraction of sp³-hybridized carbons (Fsp3) is 0.308. The van der Waals surface area contributed by atoms with Gasteiger partial charge in [0.25, 0.3) is 0 Å². The molecule has 0 unspecified atom stereocenters. The summed E-state index contributed by atoms with van der Waals surface area (Å²) < 4.78 is 1.74. The molecule has 3 rings (SSSR count). The van der Waals surface area contributed by atoms with Crippen LogP contribution in [0.15, 0.2) is 29.8 Å². The van der Waals surface area contributed by atoms with E-state index in [0.29, 0.717) is 12.5 Å². The van der Waals surface area contributed by atoms with Gasteiger partial charge >= 0.3 is 0 Å². The molecule has 0 saturated heterocycles. The number of hydrogen-bond donors (Lipinski definition) is 1. The number of fused-ring (bicyclic) bond motifs is 1. The van der Waals surface area contributed by atoms with Crippen LogP contribution in [0.1, 0.15) is 18.1 Å². The van der Waals surface area contributed by atoms with Gasteiger partial charge in [0.15, 0.2) is 10.8 Å². The molecule has 0 bridgehead atoms. The highest BCUT2D eigenvalue weighted by Crippen LogP contribution is 2.18. The van der Waals surface area contributed by atoms with Crippen LogP contribution in [0.4, 0.5) is 5.95 Å². The van der Waals surface area contributed by atoms with Crippen LogP contribution < -0.4 is 5.32 Å². The summed E-state index contributed by atoms with van der Waals surface area (Å²) in [6.45, 7) is 2.70. The minimum atomic E-state index is 0.608. The predicted octanol–water partition coefficient (Wildman–Crippen LogP) is 1.81. The topological polar surface area (TPSA) is 80.9 Å². The van der Waals surface area contributed by atoms with Crippen LogP contribution in [0.25, 0.3) is 5.65 Å². The summed E-state index contributed by atoms with van der Waals surface area (Å²) in [7, 11) is 0. The summed E-state index contributed by atoms with van der Waals surface area (Å²) >= 11 is 1.52. The molecular formula is C13H15N7S. The smallest absolute Gasteiger partial charge is 0.228 e. The fourth-order valence-corrected chi connectivity index (χ4v) is 2.32. The van der Waals surface area contributed by atoms with Gasteiger partial charge in [0.1, 0.15) is 0 Å². The van der Waals surface area contributed by atoms with Crippen molar-refractivity contribution >= 4 is 23.4 Å². The second-order valence-electron chi connectivity index (χ2n) is 4.40. The minimum Gasteiger partial charge on any atom is -0.350 e. The van der Waals surface area contributed by atoms with Crippen molar-refractivity contribution in [3.8, 4) is 0 Å². The van der Waals surface area contributed by atoms with Gasteiger partial charge in [-0.2, -0.15) is 24.8 Å². The first-order chi connectivity index (χ1) is 10.3. The second-order valence-corrected chi connectivity index (χ2v) is 5.17. The average molecular weight is 301 g/mol. The Kier molecular flexibility index (Phi) is 3.96. The first kappa shape index (κ1) is 13.7. The van der Waals surface area contributed by atoms with Crippen LogP contribution >= 0.6 is 11.8 Å². The van der Waals surface area contributed by atoms with Gasteiger partial charge in [0, 0.05) is 18.3 Å². The van der Waals surface area contributed by atoms with E-state index < -0.39 is 0 Å². The molecule has 0 saturated carbocycles. The molecule has 0 atom stereocenters. The van der Waals surface area contributed by atoms with Gasteiger partial charge in [-0.3, -0.25) is 0 Å². The summed E-state index contributed by atoms with van der Waals surface area (Å²) in [5, 5.41) is 16.0. The third kappa shape index (κ3) is 2.80. The van der Waals surface area contributed by atoms with Crippen molar-refractivity contribution in [1.82, 2.24) is 29.8 Å². The molecule has 21 heavy (non-hydrogen) atoms. The van der Waals surface area contributed by atoms with Gasteiger partial charge in [-0.05, 0) is 24.3 Å². The standard InChI is InChI=1S/C13H15N7S/c1-3-10-8-17-20-11(10)18-13(21-2)19-12(20)14-6-9-4-5-15-16-7-9/h4-5,7-8H,3,6H2,1-2H3,(H,14,18,19). The maximum absolute atomic E-state index is 4.53. The van der Waals surface area contributed by atoms with Crippen LogP contribution in [0, 0.1) is 0 Å². The maximum Gasteiger partial charge on any atom is 0.228 e. The van der Waals surface area contributed by atoms with E-state index in [4.69, 9.17) is 0 Å². The lowest BCUT2D eigenvalue weighted by atomic mass is 10.3. The van der Waals surface area contributed by atoms with Crippen LogP contribution in [-0.4, -0.2) is 36.0 Å². The van der Waals surface area contributed by atoms with Crippen molar-refractivity contribution in [3.63, 3.8) is 0 Å². The van der Waals surface area contributed by atoms with E-state index in [1.165, 1.54) is 11.8 Å². The number of rotatable bonds is 5. The van der Waals surface area contributed by atoms with Gasteiger partial charge in [-0.1, -0.05) is 18.7 Å². The molecule has 7 nitrogen and oxygen atoms in total. The molecule has 108 valence electrons. The highest BCUT2D eigenvalue weighted by molar-refractivity contribution is 7.98. The van der Waals surface area contributed by atoms with Gasteiger partial charge in [-0.15, -0.1) is 0 Å². The first-order valence-electron chi connectivity index (χ1n) is 6.60. The average Bonchev–Trinajstić information content (AvgIpc) is 2.96. The summed E-state index contributed by atoms with van der Waals surface area (Å²) in [5.41, 5.74) is 3.00. The summed E-state index contributed by atoms with van der Waals surface area (Å²) in [4.78, 5) is 9.02. The predicted molar refractivity (Wildman–Crippen MR) is 81.3 cm³/mol. The van der Waals surface area contributed by atoms with E-state index in [1.807, 2.05) is 18.5 Å². The van der Waals surface area contributed by atoms with E-state index >= 15 is 0 Å². The quantitative estimate of drug-likeness (QED) is 0.720. The van der Waals surface area contributed by atoms with E-state index in [-0.39, 0.29) is 0 Å². The third-order valence-electron chi connectivity index (χ3n) is 3.08. The maximum atomic E-state index is 4.53. The lowest BCUT2D eigenvalue weighted by molar-refractivity contribution is 0.828. The Morgan fingerprint density at radius 1 is 1.24 bits per heavy atom. The molecule has 0 aromatic carbocycles. The van der Waals surface area contributed by atoms with Crippen LogP contribution in [0.2, 0.25) is 0 Å². The lowest BCUT2D eigenvalue weighted by Crippen LogP contribution is -2.09. The largest absolute Gasteiger partial charge is 0.350 e. The van der Waals surface area contributed by atoms with Crippen molar-refractivity contribution in [2.45, 2.75) is 25.0 Å². The number of hydrogen-bond acceptors (Lipinski definition) is 7. The molecule has 0 aliphatic carbocycles. The third-order valence-corrected chi connectivity index (χ3v) is 3.63. The molecule has 0 aliphatic heterocycles. The van der Waals surface area contributed by atoms with Gasteiger partial charge < -0.3 is 5.32 Å². The van der Waals surface area contributed by atoms with Crippen molar-refractivity contribution in [2.75, 3.05) is 11.6 Å². The molecule has 0 amide bonds. The number of nitrogens with zero attached hydrogens (tertiary/aromatic N) is 6. The number of thioether (sulfide) groups is 1. The molecule has 0 fully saturated rings. The zero-order chi connectivity index (χ0) is 14.7. The Bertz CT molecular complexity index is 741. The van der Waals surface area contributed by atoms with Gasteiger partial charge in [0.05, 0.1) is 12.4 Å². The summed E-state index contributed by atoms with van der Waals surface area (Å²) in [6, 6.07) is 1.91. The monoisotopic (exact) mass is 301 g/mol. The molecule has 0 radical (unpaired) electrons. The molecule has 0 spiro atoms. The van der Waals surface area contributed by atoms with Crippen molar-refractivity contribution in [2.24, 2.45) is 0 Å². The first-order valence-corrected chi connectivity index (χ1v) is 7.82. The number of aryl methyl sites for hydroxylation is 1. The van der Waals surface area contributed by atoms with E-state index in [0.717, 1.165) is 28.4 Å². The number of aromatic nitrogens is 6. The highest BCUT2D eigenvalue weighted by atomic mass is 32.2. The Labute approximate surface area is 126 Å². The fourth-order valence-electron chi connectivity index (χ4n) is 1.96. The Balaban J connectivity index is 1.95. The Morgan fingerprint density at radius 3 is 2.86 bits per heavy atom. The molecule has 0 aliphatic rings.